The molecule has 0 saturated heterocycles. The van der Waals surface area contributed by atoms with Gasteiger partial charge in [0.2, 0.25) is 5.91 Å². The molecule has 6 heteroatoms. The van der Waals surface area contributed by atoms with Crippen molar-refractivity contribution >= 4 is 23.2 Å². The van der Waals surface area contributed by atoms with Crippen LogP contribution in [-0.2, 0) is 9.59 Å². The van der Waals surface area contributed by atoms with Gasteiger partial charge in [0.05, 0.1) is 5.69 Å². The normalized spacial score (nSPS) is 17.8. The zero-order valence-electron chi connectivity index (χ0n) is 15.2. The number of hydrogen-bond donors (Lipinski definition) is 2. The van der Waals surface area contributed by atoms with Crippen LogP contribution in [0.4, 0.5) is 11.4 Å². The number of rotatable bonds is 5. The van der Waals surface area contributed by atoms with Crippen LogP contribution in [0.15, 0.2) is 18.2 Å². The zero-order chi connectivity index (χ0) is 18.0. The zero-order valence-corrected chi connectivity index (χ0v) is 15.2. The number of nitrogens with one attached hydrogen (secondary N) is 2. The molecule has 1 aliphatic heterocycles. The number of benzene rings is 1. The van der Waals surface area contributed by atoms with Gasteiger partial charge in [-0.1, -0.05) is 0 Å². The Hall–Kier alpha value is -2.24. The second kappa shape index (κ2) is 7.11. The average Bonchev–Trinajstić information content (AvgIpc) is 2.47. The van der Waals surface area contributed by atoms with Gasteiger partial charge in [0.15, 0.2) is 6.10 Å². The minimum atomic E-state index is -0.498. The van der Waals surface area contributed by atoms with Crippen molar-refractivity contribution in [2.45, 2.75) is 65.8 Å². The smallest absolute Gasteiger partial charge is 0.265 e. The molecule has 0 radical (unpaired) electrons. The first-order valence-electron chi connectivity index (χ1n) is 8.41. The molecular formula is C18H27N3O3. The summed E-state index contributed by atoms with van der Waals surface area (Å²) < 4.78 is 5.54. The summed E-state index contributed by atoms with van der Waals surface area (Å²) in [6.45, 7) is 11.6. The Morgan fingerprint density at radius 2 is 1.83 bits per heavy atom. The van der Waals surface area contributed by atoms with Gasteiger partial charge in [0.25, 0.3) is 5.91 Å². The van der Waals surface area contributed by atoms with Crippen molar-refractivity contribution in [1.29, 1.82) is 0 Å². The average molecular weight is 333 g/mol. The Labute approximate surface area is 143 Å². The topological polar surface area (TPSA) is 70.7 Å². The first-order valence-corrected chi connectivity index (χ1v) is 8.41. The predicted molar refractivity (Wildman–Crippen MR) is 95.4 cm³/mol. The summed E-state index contributed by atoms with van der Waals surface area (Å²) in [5.74, 6) is 0.513. The van der Waals surface area contributed by atoms with E-state index in [-0.39, 0.29) is 29.9 Å². The maximum atomic E-state index is 12.7. The molecular weight excluding hydrogens is 306 g/mol. The fraction of sp³-hybridized carbons (Fsp3) is 0.556. The van der Waals surface area contributed by atoms with Crippen LogP contribution in [-0.4, -0.2) is 40.9 Å². The van der Waals surface area contributed by atoms with Gasteiger partial charge in [-0.05, 0) is 59.7 Å². The molecule has 0 saturated carbocycles. The number of carbonyl (C=O) groups is 2. The lowest BCUT2D eigenvalue weighted by atomic mass is 10.1. The van der Waals surface area contributed by atoms with Crippen LogP contribution >= 0.6 is 0 Å². The van der Waals surface area contributed by atoms with Crippen LogP contribution in [0.25, 0.3) is 0 Å². The Morgan fingerprint density at radius 1 is 1.21 bits per heavy atom. The Morgan fingerprint density at radius 3 is 2.42 bits per heavy atom. The molecule has 24 heavy (non-hydrogen) atoms. The molecule has 6 nitrogen and oxygen atoms in total. The molecule has 0 bridgehead atoms. The second-order valence-corrected chi connectivity index (χ2v) is 6.76. The third-order valence-electron chi connectivity index (χ3n) is 4.03. The van der Waals surface area contributed by atoms with Gasteiger partial charge in [0, 0.05) is 17.8 Å². The molecule has 2 N–H and O–H groups in total. The molecule has 1 aromatic carbocycles. The molecule has 2 atom stereocenters. The SMILES string of the molecule is CC(C)N(C(=O)[C@@H](C)Nc1ccc2c(c1)NC(=O)[C@@H](C)O2)C(C)C. The number of fused-ring (bicyclic) bond motifs is 1. The van der Waals surface area contributed by atoms with Crippen LogP contribution in [0.2, 0.25) is 0 Å². The lowest BCUT2D eigenvalue weighted by molar-refractivity contribution is -0.135. The summed E-state index contributed by atoms with van der Waals surface area (Å²) >= 11 is 0. The highest BCUT2D eigenvalue weighted by atomic mass is 16.5. The van der Waals surface area contributed by atoms with E-state index in [9.17, 15) is 9.59 Å². The van der Waals surface area contributed by atoms with Crippen LogP contribution in [0, 0.1) is 0 Å². The first-order chi connectivity index (χ1) is 11.2. The van der Waals surface area contributed by atoms with E-state index >= 15 is 0 Å². The van der Waals surface area contributed by atoms with Gasteiger partial charge in [-0.15, -0.1) is 0 Å². The van der Waals surface area contributed by atoms with E-state index in [4.69, 9.17) is 4.74 Å². The highest BCUT2D eigenvalue weighted by Crippen LogP contribution is 2.32. The molecule has 0 aliphatic carbocycles. The summed E-state index contributed by atoms with van der Waals surface area (Å²) in [7, 11) is 0. The van der Waals surface area contributed by atoms with E-state index in [1.807, 2.05) is 45.6 Å². The first kappa shape index (κ1) is 18.1. The van der Waals surface area contributed by atoms with Crippen molar-refractivity contribution in [1.82, 2.24) is 4.90 Å². The summed E-state index contributed by atoms with van der Waals surface area (Å²) in [5.41, 5.74) is 1.38. The van der Waals surface area contributed by atoms with E-state index in [0.29, 0.717) is 11.4 Å². The highest BCUT2D eigenvalue weighted by molar-refractivity contribution is 5.98. The van der Waals surface area contributed by atoms with E-state index < -0.39 is 6.10 Å². The molecule has 0 aromatic heterocycles. The molecule has 132 valence electrons. The van der Waals surface area contributed by atoms with Crippen LogP contribution in [0.3, 0.4) is 0 Å². The van der Waals surface area contributed by atoms with Crippen molar-refractivity contribution in [2.75, 3.05) is 10.6 Å². The monoisotopic (exact) mass is 333 g/mol. The van der Waals surface area contributed by atoms with Crippen LogP contribution < -0.4 is 15.4 Å². The van der Waals surface area contributed by atoms with Crippen molar-refractivity contribution in [2.24, 2.45) is 0 Å². The number of hydrogen-bond acceptors (Lipinski definition) is 4. The third-order valence-corrected chi connectivity index (χ3v) is 4.03. The molecule has 1 aliphatic rings. The number of anilines is 2. The van der Waals surface area contributed by atoms with Gasteiger partial charge in [-0.25, -0.2) is 0 Å². The summed E-state index contributed by atoms with van der Waals surface area (Å²) in [6.07, 6.45) is -0.498. The minimum absolute atomic E-state index is 0.0478. The Bertz CT molecular complexity index is 620. The van der Waals surface area contributed by atoms with E-state index in [2.05, 4.69) is 10.6 Å². The summed E-state index contributed by atoms with van der Waals surface area (Å²) in [4.78, 5) is 26.3. The number of carbonyl (C=O) groups excluding carboxylic acids is 2. The Balaban J connectivity index is 2.12. The fourth-order valence-electron chi connectivity index (χ4n) is 2.94. The summed E-state index contributed by atoms with van der Waals surface area (Å²) in [6, 6.07) is 5.35. The van der Waals surface area contributed by atoms with Crippen molar-refractivity contribution < 1.29 is 14.3 Å². The molecule has 0 fully saturated rings. The standard InChI is InChI=1S/C18H27N3O3/c1-10(2)21(11(3)4)18(23)12(5)19-14-7-8-16-15(9-14)20-17(22)13(6)24-16/h7-13,19H,1-6H3,(H,20,22)/t12-,13-/m1/s1. The van der Waals surface area contributed by atoms with Crippen LogP contribution in [0.1, 0.15) is 41.5 Å². The Kier molecular flexibility index (Phi) is 5.36. The van der Waals surface area contributed by atoms with Gasteiger partial charge in [0.1, 0.15) is 11.8 Å². The maximum absolute atomic E-state index is 12.7. The molecule has 0 spiro atoms. The predicted octanol–water partition coefficient (Wildman–Crippen LogP) is 2.85. The lowest BCUT2D eigenvalue weighted by Crippen LogP contribution is -2.48. The molecule has 0 unspecified atom stereocenters. The van der Waals surface area contributed by atoms with Gasteiger partial charge in [-0.2, -0.15) is 0 Å². The quantitative estimate of drug-likeness (QED) is 0.869. The highest BCUT2D eigenvalue weighted by Gasteiger charge is 2.26. The lowest BCUT2D eigenvalue weighted by Gasteiger charge is -2.33. The number of amides is 2. The van der Waals surface area contributed by atoms with Crippen molar-refractivity contribution in [3.8, 4) is 5.75 Å². The van der Waals surface area contributed by atoms with Crippen molar-refractivity contribution in [3.63, 3.8) is 0 Å². The maximum Gasteiger partial charge on any atom is 0.265 e. The van der Waals surface area contributed by atoms with Gasteiger partial charge < -0.3 is 20.3 Å². The fourth-order valence-corrected chi connectivity index (χ4v) is 2.94. The second-order valence-electron chi connectivity index (χ2n) is 6.76. The molecule has 2 amide bonds. The van der Waals surface area contributed by atoms with Crippen LogP contribution in [0.5, 0.6) is 5.75 Å². The number of nitrogens with zero attached hydrogens (tertiary/aromatic N) is 1. The van der Waals surface area contributed by atoms with Crippen molar-refractivity contribution in [3.05, 3.63) is 18.2 Å². The molecule has 1 heterocycles. The van der Waals surface area contributed by atoms with E-state index in [0.717, 1.165) is 5.69 Å². The van der Waals surface area contributed by atoms with Gasteiger partial charge >= 0.3 is 0 Å². The largest absolute Gasteiger partial charge is 0.479 e. The third kappa shape index (κ3) is 3.80. The molecule has 2 rings (SSSR count). The van der Waals surface area contributed by atoms with Gasteiger partial charge in [-0.3, -0.25) is 9.59 Å². The van der Waals surface area contributed by atoms with E-state index in [1.165, 1.54) is 0 Å². The minimum Gasteiger partial charge on any atom is -0.479 e. The summed E-state index contributed by atoms with van der Waals surface area (Å²) in [5, 5.41) is 6.02. The number of ether oxygens (including phenoxy) is 1. The van der Waals surface area contributed by atoms with E-state index in [1.54, 1.807) is 19.1 Å². The molecule has 1 aromatic rings.